The van der Waals surface area contributed by atoms with Gasteiger partial charge < -0.3 is 19.9 Å². The molecule has 0 spiro atoms. The zero-order chi connectivity index (χ0) is 8.55. The first kappa shape index (κ1) is 7.09. The van der Waals surface area contributed by atoms with Gasteiger partial charge in [-0.05, 0) is 0 Å². The van der Waals surface area contributed by atoms with Crippen LogP contribution < -0.4 is 19.9 Å². The lowest BCUT2D eigenvalue weighted by Gasteiger charge is -2.04. The van der Waals surface area contributed by atoms with Crippen LogP contribution in [0.3, 0.4) is 0 Å². The van der Waals surface area contributed by atoms with Crippen LogP contribution in [0.4, 0.5) is 5.69 Å². The Morgan fingerprint density at radius 3 is 3.00 bits per heavy atom. The predicted molar refractivity (Wildman–Crippen MR) is 43.5 cm³/mol. The van der Waals surface area contributed by atoms with Crippen molar-refractivity contribution in [3.8, 4) is 17.2 Å². The van der Waals surface area contributed by atoms with E-state index in [4.69, 9.17) is 19.9 Å². The van der Waals surface area contributed by atoms with Crippen LogP contribution in [0.2, 0.25) is 0 Å². The van der Waals surface area contributed by atoms with Gasteiger partial charge in [0, 0.05) is 17.8 Å². The van der Waals surface area contributed by atoms with E-state index in [2.05, 4.69) is 0 Å². The van der Waals surface area contributed by atoms with E-state index in [-0.39, 0.29) is 6.79 Å². The highest BCUT2D eigenvalue weighted by Crippen LogP contribution is 2.42. The summed E-state index contributed by atoms with van der Waals surface area (Å²) < 4.78 is 15.4. The minimum absolute atomic E-state index is 0.231. The van der Waals surface area contributed by atoms with E-state index in [0.29, 0.717) is 22.9 Å². The fourth-order valence-corrected chi connectivity index (χ4v) is 1.15. The third kappa shape index (κ3) is 0.922. The molecule has 1 aliphatic rings. The molecule has 12 heavy (non-hydrogen) atoms. The van der Waals surface area contributed by atoms with Gasteiger partial charge >= 0.3 is 0 Å². The average molecular weight is 167 g/mol. The molecule has 1 heterocycles. The summed E-state index contributed by atoms with van der Waals surface area (Å²) in [6.45, 7) is 0.231. The molecule has 0 saturated carbocycles. The van der Waals surface area contributed by atoms with Crippen molar-refractivity contribution in [2.75, 3.05) is 19.6 Å². The van der Waals surface area contributed by atoms with Crippen LogP contribution in [-0.4, -0.2) is 13.9 Å². The Morgan fingerprint density at radius 2 is 2.25 bits per heavy atom. The topological polar surface area (TPSA) is 53.7 Å². The van der Waals surface area contributed by atoms with Crippen LogP contribution in [0.15, 0.2) is 12.1 Å². The minimum Gasteiger partial charge on any atom is -0.493 e. The molecule has 4 heteroatoms. The minimum atomic E-state index is 0.231. The number of rotatable bonds is 1. The normalized spacial score (nSPS) is 13.1. The van der Waals surface area contributed by atoms with Crippen LogP contribution in [0.5, 0.6) is 17.2 Å². The predicted octanol–water partition coefficient (Wildman–Crippen LogP) is 1.01. The lowest BCUT2D eigenvalue weighted by atomic mass is 10.2. The van der Waals surface area contributed by atoms with Gasteiger partial charge in [0.2, 0.25) is 12.5 Å². The van der Waals surface area contributed by atoms with Gasteiger partial charge in [-0.3, -0.25) is 0 Å². The average Bonchev–Trinajstić information content (AvgIpc) is 2.50. The molecule has 0 unspecified atom stereocenters. The molecule has 0 aliphatic carbocycles. The Balaban J connectivity index is 2.55. The van der Waals surface area contributed by atoms with E-state index in [9.17, 15) is 0 Å². The molecule has 2 rings (SSSR count). The summed E-state index contributed by atoms with van der Waals surface area (Å²) in [5, 5.41) is 0. The van der Waals surface area contributed by atoms with Gasteiger partial charge in [0.1, 0.15) is 0 Å². The van der Waals surface area contributed by atoms with Crippen molar-refractivity contribution in [1.29, 1.82) is 0 Å². The summed E-state index contributed by atoms with van der Waals surface area (Å²) in [7, 11) is 1.57. The van der Waals surface area contributed by atoms with Gasteiger partial charge in [-0.2, -0.15) is 0 Å². The van der Waals surface area contributed by atoms with Crippen molar-refractivity contribution < 1.29 is 14.2 Å². The molecule has 0 aromatic heterocycles. The summed E-state index contributed by atoms with van der Waals surface area (Å²) in [6.07, 6.45) is 0. The smallest absolute Gasteiger partial charge is 0.231 e. The Bertz CT molecular complexity index is 311. The van der Waals surface area contributed by atoms with E-state index in [1.54, 1.807) is 19.2 Å². The van der Waals surface area contributed by atoms with Crippen LogP contribution in [0.25, 0.3) is 0 Å². The highest BCUT2D eigenvalue weighted by molar-refractivity contribution is 5.61. The van der Waals surface area contributed by atoms with Gasteiger partial charge in [0.05, 0.1) is 7.11 Å². The number of fused-ring (bicyclic) bond motifs is 1. The van der Waals surface area contributed by atoms with Gasteiger partial charge in [0.25, 0.3) is 0 Å². The summed E-state index contributed by atoms with van der Waals surface area (Å²) in [4.78, 5) is 0. The number of nitrogens with two attached hydrogens (primary N) is 1. The maximum atomic E-state index is 5.59. The first-order chi connectivity index (χ1) is 5.81. The number of ether oxygens (including phenoxy) is 3. The molecule has 1 aliphatic heterocycles. The Labute approximate surface area is 69.8 Å². The number of methoxy groups -OCH3 is 1. The third-order valence-corrected chi connectivity index (χ3v) is 1.68. The first-order valence-corrected chi connectivity index (χ1v) is 3.54. The SMILES string of the molecule is COc1cc(N)cc2c1OCO2. The van der Waals surface area contributed by atoms with Gasteiger partial charge in [-0.25, -0.2) is 0 Å². The molecule has 0 bridgehead atoms. The molecule has 2 N–H and O–H groups in total. The fourth-order valence-electron chi connectivity index (χ4n) is 1.15. The second-order valence-corrected chi connectivity index (χ2v) is 2.46. The first-order valence-electron chi connectivity index (χ1n) is 3.54. The lowest BCUT2D eigenvalue weighted by molar-refractivity contribution is 0.171. The number of hydrogen-bond donors (Lipinski definition) is 1. The second kappa shape index (κ2) is 2.48. The van der Waals surface area contributed by atoms with Crippen molar-refractivity contribution >= 4 is 5.69 Å². The van der Waals surface area contributed by atoms with Crippen molar-refractivity contribution in [2.24, 2.45) is 0 Å². The molecule has 0 atom stereocenters. The van der Waals surface area contributed by atoms with E-state index < -0.39 is 0 Å². The molecule has 0 fully saturated rings. The maximum absolute atomic E-state index is 5.59. The summed E-state index contributed by atoms with van der Waals surface area (Å²) >= 11 is 0. The largest absolute Gasteiger partial charge is 0.493 e. The van der Waals surface area contributed by atoms with E-state index in [0.717, 1.165) is 0 Å². The van der Waals surface area contributed by atoms with E-state index >= 15 is 0 Å². The van der Waals surface area contributed by atoms with Crippen molar-refractivity contribution in [1.82, 2.24) is 0 Å². The highest BCUT2D eigenvalue weighted by atomic mass is 16.7. The highest BCUT2D eigenvalue weighted by Gasteiger charge is 2.18. The Kier molecular flexibility index (Phi) is 1.46. The molecule has 0 saturated heterocycles. The molecule has 1 aromatic rings. The summed E-state index contributed by atoms with van der Waals surface area (Å²) in [6, 6.07) is 3.42. The zero-order valence-corrected chi connectivity index (χ0v) is 6.66. The summed E-state index contributed by atoms with van der Waals surface area (Å²) in [5.74, 6) is 1.89. The number of anilines is 1. The third-order valence-electron chi connectivity index (χ3n) is 1.68. The molecule has 0 amide bonds. The van der Waals surface area contributed by atoms with E-state index in [1.807, 2.05) is 0 Å². The van der Waals surface area contributed by atoms with Crippen molar-refractivity contribution in [2.45, 2.75) is 0 Å². The van der Waals surface area contributed by atoms with Gasteiger partial charge in [-0.1, -0.05) is 0 Å². The quantitative estimate of drug-likeness (QED) is 0.634. The summed E-state index contributed by atoms with van der Waals surface area (Å²) in [5.41, 5.74) is 6.20. The molecular weight excluding hydrogens is 158 g/mol. The zero-order valence-electron chi connectivity index (χ0n) is 6.66. The fraction of sp³-hybridized carbons (Fsp3) is 0.250. The molecule has 1 aromatic carbocycles. The Hall–Kier alpha value is -1.58. The van der Waals surface area contributed by atoms with Crippen molar-refractivity contribution in [3.63, 3.8) is 0 Å². The lowest BCUT2D eigenvalue weighted by Crippen LogP contribution is -1.93. The molecular formula is C8H9NO3. The van der Waals surface area contributed by atoms with Crippen LogP contribution >= 0.6 is 0 Å². The maximum Gasteiger partial charge on any atom is 0.231 e. The molecule has 0 radical (unpaired) electrons. The van der Waals surface area contributed by atoms with E-state index in [1.165, 1.54) is 0 Å². The van der Waals surface area contributed by atoms with Crippen LogP contribution in [0, 0.1) is 0 Å². The van der Waals surface area contributed by atoms with Crippen LogP contribution in [0.1, 0.15) is 0 Å². The Morgan fingerprint density at radius 1 is 1.42 bits per heavy atom. The van der Waals surface area contributed by atoms with Gasteiger partial charge in [0.15, 0.2) is 11.5 Å². The number of nitrogen functional groups attached to an aromatic ring is 1. The standard InChI is InChI=1S/C8H9NO3/c1-10-6-2-5(9)3-7-8(6)12-4-11-7/h2-3H,4,9H2,1H3. The van der Waals surface area contributed by atoms with Crippen LogP contribution in [-0.2, 0) is 0 Å². The number of benzene rings is 1. The second-order valence-electron chi connectivity index (χ2n) is 2.46. The van der Waals surface area contributed by atoms with Gasteiger partial charge in [-0.15, -0.1) is 0 Å². The monoisotopic (exact) mass is 167 g/mol. The number of hydrogen-bond acceptors (Lipinski definition) is 4. The molecule has 4 nitrogen and oxygen atoms in total. The van der Waals surface area contributed by atoms with Crippen molar-refractivity contribution in [3.05, 3.63) is 12.1 Å². The molecule has 64 valence electrons.